The molecule has 0 amide bonds. The fourth-order valence-electron chi connectivity index (χ4n) is 7.17. The van der Waals surface area contributed by atoms with Gasteiger partial charge in [0.1, 0.15) is 11.8 Å². The van der Waals surface area contributed by atoms with Crippen molar-refractivity contribution in [2.24, 2.45) is 0 Å². The van der Waals surface area contributed by atoms with Gasteiger partial charge >= 0.3 is 0 Å². The van der Waals surface area contributed by atoms with Crippen LogP contribution in [0.15, 0.2) is 24.3 Å². The van der Waals surface area contributed by atoms with Crippen molar-refractivity contribution in [1.82, 2.24) is 0 Å². The molecule has 4 heteroatoms. The average molecular weight is 427 g/mol. The second-order valence-corrected chi connectivity index (χ2v) is 10.4. The summed E-state index contributed by atoms with van der Waals surface area (Å²) in [5.41, 5.74) is 10.1. The van der Waals surface area contributed by atoms with Gasteiger partial charge in [-0.15, -0.1) is 0 Å². The Balaban J connectivity index is 1.23. The van der Waals surface area contributed by atoms with E-state index in [4.69, 9.17) is 0 Å². The molecule has 7 rings (SSSR count). The molecule has 2 aromatic rings. The van der Waals surface area contributed by atoms with Gasteiger partial charge in [-0.1, -0.05) is 24.3 Å². The van der Waals surface area contributed by atoms with E-state index in [9.17, 15) is 9.59 Å². The van der Waals surface area contributed by atoms with E-state index in [-0.39, 0.29) is 11.6 Å². The van der Waals surface area contributed by atoms with E-state index >= 15 is 0 Å². The first-order valence-corrected chi connectivity index (χ1v) is 12.6. The number of nitrogens with zero attached hydrogens (tertiary/aromatic N) is 2. The maximum Gasteiger partial charge on any atom is 0.162 e. The van der Waals surface area contributed by atoms with Crippen LogP contribution in [-0.2, 0) is 35.3 Å². The van der Waals surface area contributed by atoms with Crippen LogP contribution < -0.4 is 9.80 Å². The maximum absolute atomic E-state index is 13.4. The minimum absolute atomic E-state index is 0.112. The number of hydrogen-bond acceptors (Lipinski definition) is 4. The number of benzene rings is 2. The Bertz CT molecular complexity index is 1000. The highest BCUT2D eigenvalue weighted by Gasteiger charge is 2.51. The van der Waals surface area contributed by atoms with Crippen molar-refractivity contribution in [3.8, 4) is 0 Å². The van der Waals surface area contributed by atoms with Gasteiger partial charge in [0.25, 0.3) is 0 Å². The molecular weight excluding hydrogens is 396 g/mol. The van der Waals surface area contributed by atoms with Crippen molar-refractivity contribution in [2.75, 3.05) is 36.0 Å². The SMILES string of the molecule is O=C1C(c2cc3c4c(c2)CCCN4CCC3)C(=O)C1c1cc2c3c(c1)CCCN3CCC2. The van der Waals surface area contributed by atoms with Crippen LogP contribution in [0.1, 0.15) is 70.9 Å². The Kier molecular flexibility index (Phi) is 4.10. The van der Waals surface area contributed by atoms with Gasteiger partial charge in [0.2, 0.25) is 0 Å². The predicted molar refractivity (Wildman–Crippen MR) is 126 cm³/mol. The van der Waals surface area contributed by atoms with Crippen LogP contribution in [0.25, 0.3) is 0 Å². The standard InChI is InChI=1S/C28H30N2O2/c31-27-23(21-13-17-5-1-9-29-10-2-6-18(14-21)25(17)29)28(32)24(27)22-15-19-7-3-11-30-12-4-8-20(16-22)26(19)30/h13-16,23-24H,1-12H2. The second-order valence-electron chi connectivity index (χ2n) is 10.4. The van der Waals surface area contributed by atoms with Gasteiger partial charge in [0.05, 0.1) is 0 Å². The summed E-state index contributed by atoms with van der Waals surface area (Å²) in [5.74, 6) is -0.882. The molecule has 0 bridgehead atoms. The van der Waals surface area contributed by atoms with Crippen LogP contribution in [0.4, 0.5) is 11.4 Å². The minimum Gasteiger partial charge on any atom is -0.371 e. The molecule has 0 saturated heterocycles. The zero-order valence-corrected chi connectivity index (χ0v) is 18.7. The van der Waals surface area contributed by atoms with Crippen LogP contribution in [0.2, 0.25) is 0 Å². The van der Waals surface area contributed by atoms with E-state index in [0.29, 0.717) is 0 Å². The summed E-state index contributed by atoms with van der Waals surface area (Å²) in [6.07, 6.45) is 8.93. The highest BCUT2D eigenvalue weighted by atomic mass is 16.2. The van der Waals surface area contributed by atoms with Crippen molar-refractivity contribution in [3.05, 3.63) is 57.6 Å². The van der Waals surface area contributed by atoms with Crippen LogP contribution in [0.5, 0.6) is 0 Å². The molecule has 0 aromatic heterocycles. The molecule has 0 radical (unpaired) electrons. The molecule has 32 heavy (non-hydrogen) atoms. The number of ketones is 2. The van der Waals surface area contributed by atoms with Gasteiger partial charge in [-0.3, -0.25) is 9.59 Å². The molecule has 164 valence electrons. The summed E-state index contributed by atoms with van der Waals surface area (Å²) < 4.78 is 0. The molecule has 2 aromatic carbocycles. The van der Waals surface area contributed by atoms with Gasteiger partial charge in [-0.2, -0.15) is 0 Å². The number of carbonyl (C=O) groups is 2. The Morgan fingerprint density at radius 3 is 1.16 bits per heavy atom. The fourth-order valence-corrected chi connectivity index (χ4v) is 7.17. The zero-order valence-electron chi connectivity index (χ0n) is 18.7. The number of hydrogen-bond donors (Lipinski definition) is 0. The Hall–Kier alpha value is -2.62. The third-order valence-electron chi connectivity index (χ3n) is 8.51. The molecule has 0 spiro atoms. The van der Waals surface area contributed by atoms with Crippen molar-refractivity contribution in [3.63, 3.8) is 0 Å². The van der Waals surface area contributed by atoms with E-state index in [1.165, 1.54) is 59.3 Å². The monoisotopic (exact) mass is 426 g/mol. The summed E-state index contributed by atoms with van der Waals surface area (Å²) >= 11 is 0. The van der Waals surface area contributed by atoms with E-state index in [2.05, 4.69) is 34.1 Å². The molecule has 0 unspecified atom stereocenters. The average Bonchev–Trinajstić information content (AvgIpc) is 2.80. The van der Waals surface area contributed by atoms with Gasteiger partial charge < -0.3 is 9.80 Å². The number of anilines is 2. The van der Waals surface area contributed by atoms with Crippen molar-refractivity contribution >= 4 is 22.9 Å². The Morgan fingerprint density at radius 2 is 0.844 bits per heavy atom. The number of rotatable bonds is 2. The first-order chi connectivity index (χ1) is 15.7. The summed E-state index contributed by atoms with van der Waals surface area (Å²) in [6.45, 7) is 4.56. The summed E-state index contributed by atoms with van der Waals surface area (Å²) in [7, 11) is 0. The molecule has 4 heterocycles. The second kappa shape index (κ2) is 6.94. The summed E-state index contributed by atoms with van der Waals surface area (Å²) in [4.78, 5) is 31.9. The topological polar surface area (TPSA) is 40.6 Å². The lowest BCUT2D eigenvalue weighted by Gasteiger charge is -2.40. The largest absolute Gasteiger partial charge is 0.371 e. The van der Waals surface area contributed by atoms with E-state index in [1.807, 2.05) is 0 Å². The molecule has 4 nitrogen and oxygen atoms in total. The lowest BCUT2D eigenvalue weighted by atomic mass is 9.65. The molecular formula is C28H30N2O2. The predicted octanol–water partition coefficient (Wildman–Crippen LogP) is 4.10. The Morgan fingerprint density at radius 1 is 0.531 bits per heavy atom. The van der Waals surface area contributed by atoms with E-state index < -0.39 is 11.8 Å². The lowest BCUT2D eigenvalue weighted by Crippen LogP contribution is -2.45. The van der Waals surface area contributed by atoms with Crippen LogP contribution in [0, 0.1) is 0 Å². The van der Waals surface area contributed by atoms with Gasteiger partial charge in [0.15, 0.2) is 11.6 Å². The first-order valence-electron chi connectivity index (χ1n) is 12.6. The highest BCUT2D eigenvalue weighted by Crippen LogP contribution is 2.46. The van der Waals surface area contributed by atoms with E-state index in [0.717, 1.165) is 63.0 Å². The first kappa shape index (κ1) is 18.9. The normalized spacial score (nSPS) is 25.9. The minimum atomic E-state index is -0.553. The number of aryl methyl sites for hydroxylation is 4. The molecule has 0 atom stereocenters. The third kappa shape index (κ3) is 2.61. The molecule has 4 aliphatic heterocycles. The summed E-state index contributed by atoms with van der Waals surface area (Å²) in [6, 6.07) is 8.73. The molecule has 0 N–H and O–H groups in total. The Labute approximate surface area is 189 Å². The van der Waals surface area contributed by atoms with Gasteiger partial charge in [-0.25, -0.2) is 0 Å². The quantitative estimate of drug-likeness (QED) is 0.678. The fraction of sp³-hybridized carbons (Fsp3) is 0.500. The van der Waals surface area contributed by atoms with Crippen molar-refractivity contribution in [2.45, 2.75) is 63.2 Å². The van der Waals surface area contributed by atoms with Crippen LogP contribution in [0.3, 0.4) is 0 Å². The van der Waals surface area contributed by atoms with Crippen LogP contribution >= 0.6 is 0 Å². The van der Waals surface area contributed by atoms with E-state index in [1.54, 1.807) is 0 Å². The number of carbonyl (C=O) groups excluding carboxylic acids is 2. The molecule has 1 fully saturated rings. The lowest BCUT2D eigenvalue weighted by molar-refractivity contribution is -0.142. The summed E-state index contributed by atoms with van der Waals surface area (Å²) in [5, 5.41) is 0. The van der Waals surface area contributed by atoms with Crippen molar-refractivity contribution in [1.29, 1.82) is 0 Å². The molecule has 1 saturated carbocycles. The smallest absolute Gasteiger partial charge is 0.162 e. The van der Waals surface area contributed by atoms with Gasteiger partial charge in [0, 0.05) is 37.6 Å². The maximum atomic E-state index is 13.4. The van der Waals surface area contributed by atoms with Crippen LogP contribution in [-0.4, -0.2) is 37.7 Å². The van der Waals surface area contributed by atoms with Crippen molar-refractivity contribution < 1.29 is 9.59 Å². The van der Waals surface area contributed by atoms with Gasteiger partial charge in [-0.05, 0) is 84.7 Å². The molecule has 5 aliphatic rings. The molecule has 1 aliphatic carbocycles. The number of Topliss-reactive ketones (excluding diaryl/α,β-unsaturated/α-hetero) is 2. The third-order valence-corrected chi connectivity index (χ3v) is 8.51. The zero-order chi connectivity index (χ0) is 21.4. The highest BCUT2D eigenvalue weighted by molar-refractivity contribution is 6.31.